The van der Waals surface area contributed by atoms with E-state index in [-0.39, 0.29) is 16.4 Å². The number of hydrogen-bond donors (Lipinski definition) is 0. The lowest BCUT2D eigenvalue weighted by molar-refractivity contribution is -0.384. The van der Waals surface area contributed by atoms with Crippen molar-refractivity contribution >= 4 is 34.8 Å². The zero-order chi connectivity index (χ0) is 16.5. The molecule has 1 aromatic carbocycles. The van der Waals surface area contributed by atoms with Gasteiger partial charge in [-0.25, -0.2) is 4.90 Å². The van der Waals surface area contributed by atoms with Gasteiger partial charge < -0.3 is 4.74 Å². The fourth-order valence-corrected chi connectivity index (χ4v) is 3.89. The molecule has 4 atom stereocenters. The van der Waals surface area contributed by atoms with Gasteiger partial charge in [-0.05, 0) is 19.1 Å². The molecule has 3 aliphatic rings. The molecule has 7 nitrogen and oxygen atoms in total. The van der Waals surface area contributed by atoms with E-state index in [1.807, 2.05) is 0 Å². The van der Waals surface area contributed by atoms with Gasteiger partial charge in [-0.2, -0.15) is 0 Å². The number of fused-ring (bicyclic) bond motifs is 5. The zero-order valence-corrected chi connectivity index (χ0v) is 12.7. The fraction of sp³-hybridized carbons (Fsp3) is 0.333. The summed E-state index contributed by atoms with van der Waals surface area (Å²) in [7, 11) is 0. The first-order chi connectivity index (χ1) is 10.8. The van der Waals surface area contributed by atoms with Crippen molar-refractivity contribution in [1.29, 1.82) is 0 Å². The summed E-state index contributed by atoms with van der Waals surface area (Å²) >= 11 is 5.79. The highest BCUT2D eigenvalue weighted by Gasteiger charge is 2.66. The molecule has 0 radical (unpaired) electrons. The van der Waals surface area contributed by atoms with Crippen LogP contribution in [-0.4, -0.2) is 28.4 Å². The van der Waals surface area contributed by atoms with E-state index in [4.69, 9.17) is 16.3 Å². The average molecular weight is 335 g/mol. The Kier molecular flexibility index (Phi) is 2.74. The Bertz CT molecular complexity index is 807. The minimum absolute atomic E-state index is 0.0493. The van der Waals surface area contributed by atoms with Gasteiger partial charge in [0.1, 0.15) is 5.69 Å². The molecule has 3 aliphatic heterocycles. The van der Waals surface area contributed by atoms with Crippen LogP contribution in [0.4, 0.5) is 11.4 Å². The van der Waals surface area contributed by atoms with Crippen molar-refractivity contribution in [2.75, 3.05) is 4.90 Å². The highest BCUT2D eigenvalue weighted by atomic mass is 35.5. The standard InChI is InChI=1S/C15H11ClN2O5/c1-15-5-4-10(23-15)11-12(15)14(20)17(13(11)19)8-3-2-7(16)6-9(8)18(21)22/h2-6,10-12H,1H3/t10-,11+,12+,15+/m0/s1. The Morgan fingerprint density at radius 2 is 2.09 bits per heavy atom. The van der Waals surface area contributed by atoms with Gasteiger partial charge in [0, 0.05) is 11.1 Å². The largest absolute Gasteiger partial charge is 0.362 e. The predicted octanol–water partition coefficient (Wildman–Crippen LogP) is 2.08. The third-order valence-electron chi connectivity index (χ3n) is 4.70. The number of benzene rings is 1. The summed E-state index contributed by atoms with van der Waals surface area (Å²) in [6.07, 6.45) is 3.09. The lowest BCUT2D eigenvalue weighted by atomic mass is 9.78. The van der Waals surface area contributed by atoms with E-state index in [0.717, 1.165) is 11.0 Å². The SMILES string of the molecule is C[C@]12C=C[C@H](O1)[C@H]1C(=O)N(c3ccc(Cl)cc3[N+](=O)[O-])C(=O)[C@@H]12. The minimum atomic E-state index is -0.835. The maximum Gasteiger partial charge on any atom is 0.294 e. The first-order valence-corrected chi connectivity index (χ1v) is 7.40. The number of anilines is 1. The molecule has 8 heteroatoms. The van der Waals surface area contributed by atoms with E-state index in [1.165, 1.54) is 12.1 Å². The first kappa shape index (κ1) is 14.3. The lowest BCUT2D eigenvalue weighted by Gasteiger charge is -2.24. The molecule has 0 aliphatic carbocycles. The van der Waals surface area contributed by atoms with Gasteiger partial charge in [-0.1, -0.05) is 23.8 Å². The molecule has 2 saturated heterocycles. The van der Waals surface area contributed by atoms with Gasteiger partial charge in [-0.3, -0.25) is 19.7 Å². The summed E-state index contributed by atoms with van der Waals surface area (Å²) in [4.78, 5) is 37.0. The lowest BCUT2D eigenvalue weighted by Crippen LogP contribution is -2.38. The molecule has 3 heterocycles. The number of rotatable bonds is 2. The van der Waals surface area contributed by atoms with Crippen LogP contribution < -0.4 is 4.90 Å². The van der Waals surface area contributed by atoms with Crippen LogP contribution in [0.3, 0.4) is 0 Å². The molecule has 0 saturated carbocycles. The van der Waals surface area contributed by atoms with E-state index >= 15 is 0 Å². The van der Waals surface area contributed by atoms with Crippen molar-refractivity contribution in [2.45, 2.75) is 18.6 Å². The summed E-state index contributed by atoms with van der Waals surface area (Å²) in [5.74, 6) is -2.23. The highest BCUT2D eigenvalue weighted by molar-refractivity contribution is 6.31. The molecule has 118 valence electrons. The molecule has 0 N–H and O–H groups in total. The van der Waals surface area contributed by atoms with Crippen molar-refractivity contribution in [3.63, 3.8) is 0 Å². The van der Waals surface area contributed by atoms with Crippen molar-refractivity contribution in [2.24, 2.45) is 11.8 Å². The molecule has 0 spiro atoms. The second-order valence-electron chi connectivity index (χ2n) is 6.03. The molecular weight excluding hydrogens is 324 g/mol. The molecular formula is C15H11ClN2O5. The van der Waals surface area contributed by atoms with E-state index in [9.17, 15) is 19.7 Å². The summed E-state index contributed by atoms with van der Waals surface area (Å²) < 4.78 is 5.71. The number of hydrogen-bond acceptors (Lipinski definition) is 5. The zero-order valence-electron chi connectivity index (χ0n) is 11.9. The number of nitro benzene ring substituents is 1. The summed E-state index contributed by atoms with van der Waals surface area (Å²) in [5, 5.41) is 11.4. The van der Waals surface area contributed by atoms with Crippen LogP contribution in [0.15, 0.2) is 30.4 Å². The van der Waals surface area contributed by atoms with Crippen molar-refractivity contribution < 1.29 is 19.2 Å². The second kappa shape index (κ2) is 4.39. The van der Waals surface area contributed by atoms with Crippen LogP contribution in [0, 0.1) is 22.0 Å². The Hall–Kier alpha value is -2.25. The van der Waals surface area contributed by atoms with Gasteiger partial charge in [0.25, 0.3) is 5.69 Å². The van der Waals surface area contributed by atoms with E-state index in [0.29, 0.717) is 0 Å². The molecule has 2 amide bonds. The number of imide groups is 1. The molecule has 1 aromatic rings. The third-order valence-corrected chi connectivity index (χ3v) is 4.94. The quantitative estimate of drug-likeness (QED) is 0.357. The van der Waals surface area contributed by atoms with Crippen molar-refractivity contribution in [3.8, 4) is 0 Å². The summed E-state index contributed by atoms with van der Waals surface area (Å²) in [6.45, 7) is 1.75. The third kappa shape index (κ3) is 1.74. The molecule has 4 rings (SSSR count). The van der Waals surface area contributed by atoms with Crippen LogP contribution in [0.25, 0.3) is 0 Å². The van der Waals surface area contributed by atoms with Gasteiger partial charge in [0.05, 0.1) is 28.5 Å². The topological polar surface area (TPSA) is 89.8 Å². The number of halogens is 1. The molecule has 23 heavy (non-hydrogen) atoms. The summed E-state index contributed by atoms with van der Waals surface area (Å²) in [6, 6.07) is 3.88. The van der Waals surface area contributed by atoms with Gasteiger partial charge in [0.15, 0.2) is 0 Å². The smallest absolute Gasteiger partial charge is 0.294 e. The molecule has 0 unspecified atom stereocenters. The number of carbonyl (C=O) groups excluding carboxylic acids is 2. The molecule has 2 bridgehead atoms. The second-order valence-corrected chi connectivity index (χ2v) is 6.47. The average Bonchev–Trinajstić information content (AvgIpc) is 3.09. The van der Waals surface area contributed by atoms with Crippen LogP contribution in [0.5, 0.6) is 0 Å². The van der Waals surface area contributed by atoms with Crippen LogP contribution in [0.1, 0.15) is 6.92 Å². The minimum Gasteiger partial charge on any atom is -0.362 e. The number of ether oxygens (including phenoxy) is 1. The normalized spacial score (nSPS) is 34.3. The number of amides is 2. The van der Waals surface area contributed by atoms with Gasteiger partial charge in [-0.15, -0.1) is 0 Å². The number of nitro groups is 1. The summed E-state index contributed by atoms with van der Waals surface area (Å²) in [5.41, 5.74) is -1.25. The molecule has 0 aromatic heterocycles. The Labute approximate surface area is 135 Å². The van der Waals surface area contributed by atoms with E-state index in [2.05, 4.69) is 0 Å². The number of nitrogens with zero attached hydrogens (tertiary/aromatic N) is 2. The maximum absolute atomic E-state index is 12.8. The Morgan fingerprint density at radius 1 is 1.35 bits per heavy atom. The first-order valence-electron chi connectivity index (χ1n) is 7.02. The van der Waals surface area contributed by atoms with Gasteiger partial charge >= 0.3 is 0 Å². The molecule has 2 fully saturated rings. The van der Waals surface area contributed by atoms with E-state index in [1.54, 1.807) is 19.1 Å². The monoisotopic (exact) mass is 334 g/mol. The van der Waals surface area contributed by atoms with E-state index < -0.39 is 40.3 Å². The highest BCUT2D eigenvalue weighted by Crippen LogP contribution is 2.53. The van der Waals surface area contributed by atoms with Crippen LogP contribution in [-0.2, 0) is 14.3 Å². The predicted molar refractivity (Wildman–Crippen MR) is 80.0 cm³/mol. The number of carbonyl (C=O) groups is 2. The van der Waals surface area contributed by atoms with Crippen molar-refractivity contribution in [3.05, 3.63) is 45.5 Å². The fourth-order valence-electron chi connectivity index (χ4n) is 3.72. The Balaban J connectivity index is 1.83. The Morgan fingerprint density at radius 3 is 2.74 bits per heavy atom. The van der Waals surface area contributed by atoms with Crippen molar-refractivity contribution in [1.82, 2.24) is 0 Å². The van der Waals surface area contributed by atoms with Gasteiger partial charge in [0.2, 0.25) is 11.8 Å². The van der Waals surface area contributed by atoms with Crippen LogP contribution in [0.2, 0.25) is 5.02 Å². The maximum atomic E-state index is 12.8. The van der Waals surface area contributed by atoms with Crippen LogP contribution >= 0.6 is 11.6 Å².